The molecule has 404 valence electrons. The fourth-order valence-electron chi connectivity index (χ4n) is 7.23. The van der Waals surface area contributed by atoms with E-state index in [0.29, 0.717) is 6.61 Å². The highest BCUT2D eigenvalue weighted by molar-refractivity contribution is 6.78. The largest absolute Gasteiger partial charge is 0.414 e. The van der Waals surface area contributed by atoms with Crippen LogP contribution in [0.15, 0.2) is 24.4 Å². The summed E-state index contributed by atoms with van der Waals surface area (Å²) in [7, 11) is -10.5. The van der Waals surface area contributed by atoms with Crippen molar-refractivity contribution >= 4 is 41.6 Å². The monoisotopic (exact) mass is 1050 g/mol. The smallest absolute Gasteiger partial charge is 0.214 e. The van der Waals surface area contributed by atoms with Crippen LogP contribution in [0.3, 0.4) is 0 Å². The van der Waals surface area contributed by atoms with Gasteiger partial charge in [0.1, 0.15) is 37.3 Å². The van der Waals surface area contributed by atoms with Gasteiger partial charge in [-0.25, -0.2) is 0 Å². The van der Waals surface area contributed by atoms with E-state index in [1.54, 1.807) is 13.2 Å². The number of rotatable bonds is 32. The number of hydrogen-bond donors (Lipinski definition) is 0. The van der Waals surface area contributed by atoms with Gasteiger partial charge >= 0.3 is 0 Å². The average molecular weight is 1050 g/mol. The predicted molar refractivity (Wildman–Crippen MR) is 303 cm³/mol. The lowest BCUT2D eigenvalue weighted by Gasteiger charge is -2.55. The van der Waals surface area contributed by atoms with Crippen molar-refractivity contribution in [3.63, 3.8) is 0 Å². The summed E-state index contributed by atoms with van der Waals surface area (Å²) in [6.45, 7) is 62.2. The van der Waals surface area contributed by atoms with Crippen molar-refractivity contribution in [1.82, 2.24) is 0 Å². The third-order valence-corrected chi connectivity index (χ3v) is 37.3. The van der Waals surface area contributed by atoms with Crippen molar-refractivity contribution < 1.29 is 41.1 Å². The number of methoxy groups -OCH3 is 1. The van der Waals surface area contributed by atoms with Gasteiger partial charge in [-0.3, -0.25) is 0 Å². The summed E-state index contributed by atoms with van der Waals surface area (Å²) in [5.74, 6) is 0. The fourth-order valence-corrected chi connectivity index (χ4v) is 14.1. The molecular weight excluding hydrogens is 933 g/mol. The van der Waals surface area contributed by atoms with Gasteiger partial charge in [0, 0.05) is 7.11 Å². The van der Waals surface area contributed by atoms with Gasteiger partial charge < -0.3 is 41.1 Å². The second kappa shape index (κ2) is 27.7. The summed E-state index contributed by atoms with van der Waals surface area (Å²) in [6, 6.07) is 0. The van der Waals surface area contributed by atoms with Crippen LogP contribution in [0.4, 0.5) is 0 Å². The summed E-state index contributed by atoms with van der Waals surface area (Å²) in [5, 5.41) is 0.937. The Morgan fingerprint density at radius 1 is 0.588 bits per heavy atom. The van der Waals surface area contributed by atoms with Crippen LogP contribution in [0.5, 0.6) is 0 Å². The minimum absolute atomic E-state index is 0.00122. The first-order valence-corrected chi connectivity index (χ1v) is 41.4. The highest BCUT2D eigenvalue weighted by atomic mass is 28.4. The second-order valence-electron chi connectivity index (χ2n) is 26.8. The maximum atomic E-state index is 7.71. The Bertz CT molecular complexity index is 1460. The van der Waals surface area contributed by atoms with Crippen LogP contribution in [0, 0.1) is 0 Å². The van der Waals surface area contributed by atoms with Crippen molar-refractivity contribution in [2.75, 3.05) is 27.1 Å². The molecule has 9 nitrogen and oxygen atoms in total. The summed E-state index contributed by atoms with van der Waals surface area (Å²) in [6.07, 6.45) is 13.3. The van der Waals surface area contributed by atoms with E-state index < -0.39 is 84.5 Å². The molecule has 0 N–H and O–H groups in total. The normalized spacial score (nSPS) is 21.8. The number of allylic oxidation sites excluding steroid dienone is 1. The molecule has 0 aromatic carbocycles. The topological polar surface area (TPSA) is 83.1 Å². The van der Waals surface area contributed by atoms with Crippen molar-refractivity contribution in [2.24, 2.45) is 0 Å². The molecular formula is C54H114O9Si5. The van der Waals surface area contributed by atoms with E-state index in [4.69, 9.17) is 41.1 Å². The van der Waals surface area contributed by atoms with Gasteiger partial charge in [0.05, 0.1) is 19.3 Å². The highest BCUT2D eigenvalue weighted by Crippen LogP contribution is 2.47. The zero-order chi connectivity index (χ0) is 52.8. The van der Waals surface area contributed by atoms with Crippen LogP contribution in [0.2, 0.25) is 85.6 Å². The average Bonchev–Trinajstić information content (AvgIpc) is 3.18. The van der Waals surface area contributed by atoms with E-state index >= 15 is 0 Å². The Kier molecular flexibility index (Phi) is 26.9. The minimum Gasteiger partial charge on any atom is -0.414 e. The molecule has 14 heteroatoms. The van der Waals surface area contributed by atoms with E-state index in [1.807, 2.05) is 0 Å². The van der Waals surface area contributed by atoms with Crippen LogP contribution in [0.25, 0.3) is 0 Å². The third-order valence-electron chi connectivity index (χ3n) is 16.5. The first kappa shape index (κ1) is 66.2. The SMILES string of the molecule is C=C[C@H](OCOC)[C@H](CO[C@@H]1O[C@H](CO[Si](C)(C)C(C)(C)C)[C@@H](O[Si](C)(C)C(C)(C)C)[C@H](O[Si](C)(C)C(C)(C)C)[C@H]1O[Si](C)(C)C(C)(C)C)O[Si](C)(C)C(=C)CCCCCCCCCCCCC. The van der Waals surface area contributed by atoms with Gasteiger partial charge in [-0.05, 0) is 98.5 Å². The quantitative estimate of drug-likeness (QED) is 0.0283. The van der Waals surface area contributed by atoms with Crippen LogP contribution in [-0.4, -0.2) is 112 Å². The van der Waals surface area contributed by atoms with E-state index in [2.05, 4.69) is 169 Å². The van der Waals surface area contributed by atoms with Gasteiger partial charge in [-0.2, -0.15) is 0 Å². The Morgan fingerprint density at radius 3 is 1.41 bits per heavy atom. The van der Waals surface area contributed by atoms with Crippen molar-refractivity contribution in [3.8, 4) is 0 Å². The second-order valence-corrected chi connectivity index (χ2v) is 49.8. The number of ether oxygens (including phenoxy) is 4. The van der Waals surface area contributed by atoms with Gasteiger partial charge in [-0.1, -0.05) is 165 Å². The Balaban J connectivity index is 3.85. The van der Waals surface area contributed by atoms with E-state index in [1.165, 1.54) is 69.4 Å². The fraction of sp³-hybridized carbons (Fsp3) is 0.926. The minimum atomic E-state index is -2.50. The van der Waals surface area contributed by atoms with Crippen LogP contribution < -0.4 is 0 Å². The van der Waals surface area contributed by atoms with Gasteiger partial charge in [-0.15, -0.1) is 13.2 Å². The first-order chi connectivity index (χ1) is 30.8. The zero-order valence-electron chi connectivity index (χ0n) is 49.3. The maximum Gasteiger partial charge on any atom is 0.214 e. The molecule has 0 radical (unpaired) electrons. The number of hydrogen-bond acceptors (Lipinski definition) is 9. The van der Waals surface area contributed by atoms with E-state index in [9.17, 15) is 0 Å². The molecule has 0 aromatic rings. The highest BCUT2D eigenvalue weighted by Gasteiger charge is 2.57. The molecule has 1 saturated heterocycles. The predicted octanol–water partition coefficient (Wildman–Crippen LogP) is 16.5. The molecule has 1 heterocycles. The Labute approximate surface area is 427 Å². The van der Waals surface area contributed by atoms with E-state index in [-0.39, 0.29) is 33.6 Å². The summed E-state index contributed by atoms with van der Waals surface area (Å²) >= 11 is 0. The molecule has 68 heavy (non-hydrogen) atoms. The molecule has 0 spiro atoms. The lowest BCUT2D eigenvalue weighted by Crippen LogP contribution is -2.68. The lowest BCUT2D eigenvalue weighted by atomic mass is 9.99. The van der Waals surface area contributed by atoms with Crippen molar-refractivity contribution in [2.45, 2.75) is 296 Å². The Morgan fingerprint density at radius 2 is 1.00 bits per heavy atom. The molecule has 1 rings (SSSR count). The molecule has 0 amide bonds. The molecule has 1 aliphatic heterocycles. The lowest BCUT2D eigenvalue weighted by molar-refractivity contribution is -0.296. The van der Waals surface area contributed by atoms with Gasteiger partial charge in [0.15, 0.2) is 39.6 Å². The summed E-state index contributed by atoms with van der Waals surface area (Å²) in [4.78, 5) is 0. The standard InChI is InChI=1S/C54H114O9Si5/c1-27-29-30-31-32-33-34-35-36-37-38-39-43(3)64(17,18)60-45(44(28-2)57-42-55-16)40-56-50-49(63-68(25,26)54(13,14)15)48(62-67(23,24)53(10,11)12)47(61-66(21,22)52(7,8)9)46(59-50)41-58-65(19,20)51(4,5)6/h28,44-50H,2-3,27,29-42H2,1,4-26H3/t44-,45-,46+,47+,48-,49+,50+/m0/s1. The molecule has 0 saturated carbocycles. The molecule has 7 atom stereocenters. The summed E-state index contributed by atoms with van der Waals surface area (Å²) in [5.41, 5.74) is 0. The van der Waals surface area contributed by atoms with Crippen molar-refractivity contribution in [3.05, 3.63) is 24.4 Å². The van der Waals surface area contributed by atoms with Crippen LogP contribution >= 0.6 is 0 Å². The molecule has 0 bridgehead atoms. The third kappa shape index (κ3) is 20.8. The number of unbranched alkanes of at least 4 members (excludes halogenated alkanes) is 10. The first-order valence-electron chi connectivity index (χ1n) is 26.9. The Hall–Kier alpha value is 0.204. The van der Waals surface area contributed by atoms with Crippen LogP contribution in [-0.2, 0) is 41.1 Å². The molecule has 0 aromatic heterocycles. The van der Waals surface area contributed by atoms with E-state index in [0.717, 1.165) is 12.8 Å². The molecule has 1 aliphatic rings. The van der Waals surface area contributed by atoms with Gasteiger partial charge in [0.2, 0.25) is 8.32 Å². The molecule has 0 aliphatic carbocycles. The summed E-state index contributed by atoms with van der Waals surface area (Å²) < 4.78 is 63.5. The zero-order valence-corrected chi connectivity index (χ0v) is 54.3. The molecule has 0 unspecified atom stereocenters. The molecule has 1 fully saturated rings. The van der Waals surface area contributed by atoms with Gasteiger partial charge in [0.25, 0.3) is 0 Å². The van der Waals surface area contributed by atoms with Crippen LogP contribution in [0.1, 0.15) is 167 Å². The van der Waals surface area contributed by atoms with Crippen molar-refractivity contribution in [1.29, 1.82) is 0 Å². The maximum absolute atomic E-state index is 7.71.